The van der Waals surface area contributed by atoms with Crippen LogP contribution in [0.2, 0.25) is 0 Å². The maximum atomic E-state index is 9.96. The molecule has 0 aliphatic carbocycles. The highest BCUT2D eigenvalue weighted by atomic mass is 16.6. The lowest BCUT2D eigenvalue weighted by Gasteiger charge is -2.20. The Morgan fingerprint density at radius 1 is 1.26 bits per heavy atom. The van der Waals surface area contributed by atoms with Crippen molar-refractivity contribution in [3.8, 4) is 11.5 Å². The van der Waals surface area contributed by atoms with Crippen LogP contribution in [-0.4, -0.2) is 59.8 Å². The molecule has 0 aromatic carbocycles. The summed E-state index contributed by atoms with van der Waals surface area (Å²) in [5.41, 5.74) is 6.05. The molecule has 1 saturated heterocycles. The summed E-state index contributed by atoms with van der Waals surface area (Å²) < 4.78 is 6.84. The third-order valence-corrected chi connectivity index (χ3v) is 3.18. The number of aromatic nitrogens is 4. The molecule has 0 radical (unpaired) electrons. The summed E-state index contributed by atoms with van der Waals surface area (Å²) >= 11 is 0. The Morgan fingerprint density at radius 2 is 2.05 bits per heavy atom. The normalized spacial score (nSPS) is 31.1. The van der Waals surface area contributed by atoms with Gasteiger partial charge in [0.25, 0.3) is 0 Å². The van der Waals surface area contributed by atoms with Gasteiger partial charge in [0.15, 0.2) is 17.9 Å². The second-order valence-electron chi connectivity index (χ2n) is 4.31. The quantitative estimate of drug-likeness (QED) is 0.488. The summed E-state index contributed by atoms with van der Waals surface area (Å²) in [6.45, 7) is -0.395. The average molecular weight is 267 g/mol. The van der Waals surface area contributed by atoms with Crippen LogP contribution in [0.4, 0.5) is 5.82 Å². The van der Waals surface area contributed by atoms with Gasteiger partial charge in [-0.25, -0.2) is 15.0 Å². The highest BCUT2D eigenvalue weighted by molar-refractivity contribution is 5.64. The molecule has 9 nitrogen and oxygen atoms in total. The summed E-state index contributed by atoms with van der Waals surface area (Å²) in [5.74, 6) is 0.609. The van der Waals surface area contributed by atoms with Gasteiger partial charge in [-0.15, -0.1) is 0 Å². The van der Waals surface area contributed by atoms with Crippen LogP contribution in [0.25, 0.3) is 11.5 Å². The molecule has 0 amide bonds. The van der Waals surface area contributed by atoms with Crippen LogP contribution in [0, 0.1) is 0 Å². The Balaban J connectivity index is 2.02. The molecule has 1 fully saturated rings. The van der Waals surface area contributed by atoms with Crippen molar-refractivity contribution in [2.45, 2.75) is 24.5 Å². The van der Waals surface area contributed by atoms with Crippen LogP contribution < -0.4 is 5.73 Å². The standard InChI is InChI=1S/C10H13N5O4/c11-8-5-9(13-2-12-5)15(3-14-8)10-7(18)6(17)4(1-16)19-10/h2-4,6-7,10,16-18H,1,11H2/t4-,6-,7-,10-/m1/s1. The number of ether oxygens (including phenoxy) is 1. The smallest absolute Gasteiger partial charge is 0.167 e. The van der Waals surface area contributed by atoms with Crippen LogP contribution in [0.5, 0.6) is 0 Å². The molecule has 0 unspecified atom stereocenters. The predicted molar refractivity (Wildman–Crippen MR) is 61.9 cm³/mol. The summed E-state index contributed by atoms with van der Waals surface area (Å²) in [4.78, 5) is 11.9. The van der Waals surface area contributed by atoms with Crippen LogP contribution in [0.1, 0.15) is 6.23 Å². The number of aliphatic hydroxyl groups is 3. The number of fused-ring (bicyclic) bond motifs is 1. The Bertz CT molecular complexity index is 561. The van der Waals surface area contributed by atoms with Crippen LogP contribution in [-0.2, 0) is 4.74 Å². The van der Waals surface area contributed by atoms with Gasteiger partial charge in [0.2, 0.25) is 0 Å². The van der Waals surface area contributed by atoms with E-state index in [0.717, 1.165) is 0 Å². The maximum Gasteiger partial charge on any atom is 0.167 e. The molecule has 0 aromatic rings. The van der Waals surface area contributed by atoms with Crippen LogP contribution in [0.3, 0.4) is 0 Å². The van der Waals surface area contributed by atoms with E-state index >= 15 is 0 Å². The van der Waals surface area contributed by atoms with Gasteiger partial charge in [-0.05, 0) is 0 Å². The summed E-state index contributed by atoms with van der Waals surface area (Å²) in [7, 11) is 0. The van der Waals surface area contributed by atoms with E-state index in [4.69, 9.17) is 15.6 Å². The largest absolute Gasteiger partial charge is 0.394 e. The number of imidazole rings is 1. The minimum atomic E-state index is -1.20. The lowest BCUT2D eigenvalue weighted by atomic mass is 10.1. The third-order valence-electron chi connectivity index (χ3n) is 3.18. The molecule has 5 N–H and O–H groups in total. The molecule has 9 heteroatoms. The summed E-state index contributed by atoms with van der Waals surface area (Å²) in [5, 5.41) is 28.8. The number of nitrogens with two attached hydrogens (primary N) is 1. The monoisotopic (exact) mass is 267 g/mol. The van der Waals surface area contributed by atoms with Gasteiger partial charge in [0.1, 0.15) is 36.7 Å². The number of nitrogens with zero attached hydrogens (tertiary/aromatic N) is 4. The second kappa shape index (κ2) is 4.38. The summed E-state index contributed by atoms with van der Waals surface area (Å²) in [6.07, 6.45) is -1.47. The van der Waals surface area contributed by atoms with Crippen LogP contribution >= 0.6 is 0 Å². The topological polar surface area (TPSA) is 140 Å². The van der Waals surface area contributed by atoms with Gasteiger partial charge in [-0.3, -0.25) is 4.57 Å². The lowest BCUT2D eigenvalue weighted by molar-refractivity contribution is -0.0529. The third kappa shape index (κ3) is 1.75. The van der Waals surface area contributed by atoms with Crippen molar-refractivity contribution >= 4 is 5.82 Å². The zero-order valence-corrected chi connectivity index (χ0v) is 9.79. The zero-order valence-electron chi connectivity index (χ0n) is 9.79. The minimum Gasteiger partial charge on any atom is -0.394 e. The van der Waals surface area contributed by atoms with E-state index < -0.39 is 31.1 Å². The van der Waals surface area contributed by atoms with E-state index in [-0.39, 0.29) is 5.82 Å². The van der Waals surface area contributed by atoms with Gasteiger partial charge in [-0.2, -0.15) is 0 Å². The van der Waals surface area contributed by atoms with Crippen molar-refractivity contribution < 1.29 is 20.1 Å². The molecule has 3 rings (SSSR count). The first-order valence-electron chi connectivity index (χ1n) is 5.69. The maximum absolute atomic E-state index is 9.96. The van der Waals surface area contributed by atoms with Crippen molar-refractivity contribution in [2.75, 3.05) is 12.3 Å². The molecular formula is C10H13N5O4. The van der Waals surface area contributed by atoms with E-state index in [1.807, 2.05) is 0 Å². The number of anilines is 1. The highest BCUT2D eigenvalue weighted by Crippen LogP contribution is 2.33. The molecule has 3 heterocycles. The Hall–Kier alpha value is -1.81. The molecule has 0 saturated carbocycles. The fourth-order valence-corrected chi connectivity index (χ4v) is 2.17. The van der Waals surface area contributed by atoms with Crippen molar-refractivity contribution in [2.24, 2.45) is 0 Å². The minimum absolute atomic E-state index is 0.218. The molecule has 0 aromatic heterocycles. The first-order valence-corrected chi connectivity index (χ1v) is 5.69. The van der Waals surface area contributed by atoms with E-state index in [9.17, 15) is 10.2 Å². The highest BCUT2D eigenvalue weighted by Gasteiger charge is 2.44. The van der Waals surface area contributed by atoms with E-state index in [0.29, 0.717) is 11.5 Å². The molecule has 19 heavy (non-hydrogen) atoms. The fraction of sp³-hybridized carbons (Fsp3) is 0.500. The van der Waals surface area contributed by atoms with Gasteiger partial charge < -0.3 is 25.8 Å². The van der Waals surface area contributed by atoms with Crippen molar-refractivity contribution in [1.82, 2.24) is 19.5 Å². The number of rotatable bonds is 2. The number of aliphatic hydroxyl groups excluding tert-OH is 3. The Kier molecular flexibility index (Phi) is 2.82. The number of hydrogen-bond donors (Lipinski definition) is 4. The van der Waals surface area contributed by atoms with Crippen molar-refractivity contribution in [1.29, 1.82) is 0 Å². The predicted octanol–water partition coefficient (Wildman–Crippen LogP) is -2.03. The molecule has 3 aliphatic rings. The fourth-order valence-electron chi connectivity index (χ4n) is 2.17. The molecular weight excluding hydrogens is 254 g/mol. The molecule has 102 valence electrons. The van der Waals surface area contributed by atoms with Gasteiger partial charge in [0, 0.05) is 0 Å². The molecule has 3 aliphatic heterocycles. The SMILES string of the molecule is Nc1ncn([C@@H]2O[C@H](CO)[C@@H](O)[C@H]2O)c2ncnc1-2. The van der Waals surface area contributed by atoms with E-state index in [1.165, 1.54) is 17.2 Å². The van der Waals surface area contributed by atoms with E-state index in [2.05, 4.69) is 15.0 Å². The molecule has 0 bridgehead atoms. The lowest BCUT2D eigenvalue weighted by Crippen LogP contribution is -2.33. The van der Waals surface area contributed by atoms with E-state index in [1.54, 1.807) is 0 Å². The number of hydrogen-bond acceptors (Lipinski definition) is 8. The summed E-state index contributed by atoms with van der Waals surface area (Å²) in [6, 6.07) is 0. The van der Waals surface area contributed by atoms with Gasteiger partial charge in [-0.1, -0.05) is 0 Å². The second-order valence-corrected chi connectivity index (χ2v) is 4.31. The Morgan fingerprint density at radius 3 is 2.74 bits per heavy atom. The van der Waals surface area contributed by atoms with Crippen LogP contribution in [0.15, 0.2) is 12.7 Å². The first-order chi connectivity index (χ1) is 9.13. The van der Waals surface area contributed by atoms with Crippen molar-refractivity contribution in [3.05, 3.63) is 12.7 Å². The molecule has 0 spiro atoms. The van der Waals surface area contributed by atoms with Gasteiger partial charge >= 0.3 is 0 Å². The van der Waals surface area contributed by atoms with Gasteiger partial charge in [0.05, 0.1) is 6.61 Å². The molecule has 4 atom stereocenters. The zero-order chi connectivity index (χ0) is 13.6. The van der Waals surface area contributed by atoms with Crippen molar-refractivity contribution in [3.63, 3.8) is 0 Å². The average Bonchev–Trinajstić information content (AvgIpc) is 2.99. The first kappa shape index (κ1) is 12.2. The Labute approximate surface area is 107 Å². The number of nitrogen functional groups attached to an aromatic ring is 1.